The molecule has 0 saturated carbocycles. The molecule has 276 valence electrons. The van der Waals surface area contributed by atoms with Crippen LogP contribution in [0, 0.1) is 0 Å². The predicted molar refractivity (Wildman–Crippen MR) is 247 cm³/mol. The average molecular weight is 753 g/mol. The number of hydrogen-bond donors (Lipinski definition) is 0. The van der Waals surface area contributed by atoms with Gasteiger partial charge in [0.25, 0.3) is 0 Å². The molecule has 0 fully saturated rings. The van der Waals surface area contributed by atoms with Crippen LogP contribution in [-0.2, 0) is 5.41 Å². The predicted octanol–water partition coefficient (Wildman–Crippen LogP) is 16.3. The smallest absolute Gasteiger partial charge is 0.143 e. The van der Waals surface area contributed by atoms with Crippen LogP contribution in [0.4, 0.5) is 0 Å². The van der Waals surface area contributed by atoms with Crippen LogP contribution < -0.4 is 0 Å². The highest BCUT2D eigenvalue weighted by molar-refractivity contribution is 6.28. The Morgan fingerprint density at radius 1 is 0.322 bits per heavy atom. The van der Waals surface area contributed by atoms with E-state index in [1.54, 1.807) is 0 Å². The SMILES string of the molecule is CC1(C)c2cc(-c3c4ccccc4c(-c4ccccc4)c4ccccc34)ccc2-c2ccc(-c3cc4c(ccc5c6ccccc6oc54)c4c3oc3ccccc34)cc21. The Balaban J connectivity index is 1.01. The standard InChI is InChI=1S/C57H36O2/c1-57(2)48-30-34(46-32-47-43(54-45-21-11-13-23-51(45)59-56(46)54)28-29-44-38-16-10-12-22-50(38)58-55(44)47)24-26-36(48)37-27-25-35(31-49(37)57)53-41-19-8-6-17-39(41)52(33-14-4-3-5-15-33)40-18-7-9-20-42(40)53/h3-32H,1-2H3. The normalized spacial score (nSPS) is 13.4. The van der Waals surface area contributed by atoms with Gasteiger partial charge in [0.15, 0.2) is 0 Å². The summed E-state index contributed by atoms with van der Waals surface area (Å²) in [6.07, 6.45) is 0. The molecule has 0 saturated heterocycles. The maximum absolute atomic E-state index is 6.79. The summed E-state index contributed by atoms with van der Waals surface area (Å²) in [7, 11) is 0. The Hall–Kier alpha value is -7.42. The molecule has 2 aromatic heterocycles. The summed E-state index contributed by atoms with van der Waals surface area (Å²) in [5.41, 5.74) is 15.9. The van der Waals surface area contributed by atoms with E-state index in [0.717, 1.165) is 65.8 Å². The molecule has 1 aliphatic carbocycles. The van der Waals surface area contributed by atoms with Gasteiger partial charge in [0, 0.05) is 37.9 Å². The molecule has 0 bridgehead atoms. The van der Waals surface area contributed by atoms with Crippen molar-refractivity contribution in [2.75, 3.05) is 0 Å². The number of rotatable bonds is 3. The van der Waals surface area contributed by atoms with Gasteiger partial charge in [-0.2, -0.15) is 0 Å². The molecule has 0 aliphatic heterocycles. The van der Waals surface area contributed by atoms with E-state index in [-0.39, 0.29) is 5.41 Å². The minimum absolute atomic E-state index is 0.248. The highest BCUT2D eigenvalue weighted by Gasteiger charge is 2.36. The van der Waals surface area contributed by atoms with E-state index in [1.165, 1.54) is 66.1 Å². The number of para-hydroxylation sites is 2. The van der Waals surface area contributed by atoms with Crippen LogP contribution in [0.2, 0.25) is 0 Å². The van der Waals surface area contributed by atoms with Crippen molar-refractivity contribution in [3.63, 3.8) is 0 Å². The van der Waals surface area contributed by atoms with Gasteiger partial charge in [-0.25, -0.2) is 0 Å². The molecule has 0 N–H and O–H groups in total. The van der Waals surface area contributed by atoms with Crippen molar-refractivity contribution < 1.29 is 8.83 Å². The fourth-order valence-corrected chi connectivity index (χ4v) is 10.5. The first kappa shape index (κ1) is 32.6. The maximum atomic E-state index is 6.79. The van der Waals surface area contributed by atoms with Crippen molar-refractivity contribution in [3.05, 3.63) is 193 Å². The highest BCUT2D eigenvalue weighted by Crippen LogP contribution is 2.53. The summed E-state index contributed by atoms with van der Waals surface area (Å²) < 4.78 is 13.4. The van der Waals surface area contributed by atoms with E-state index in [2.05, 4.69) is 190 Å². The lowest BCUT2D eigenvalue weighted by Crippen LogP contribution is -2.15. The molecular formula is C57H36O2. The Morgan fingerprint density at radius 2 is 0.814 bits per heavy atom. The van der Waals surface area contributed by atoms with Crippen LogP contribution >= 0.6 is 0 Å². The molecule has 0 spiro atoms. The maximum Gasteiger partial charge on any atom is 0.143 e. The lowest BCUT2D eigenvalue weighted by Gasteiger charge is -2.23. The summed E-state index contributed by atoms with van der Waals surface area (Å²) in [4.78, 5) is 0. The molecule has 0 unspecified atom stereocenters. The van der Waals surface area contributed by atoms with Crippen LogP contribution in [0.5, 0.6) is 0 Å². The van der Waals surface area contributed by atoms with Crippen LogP contribution in [0.3, 0.4) is 0 Å². The first-order valence-electron chi connectivity index (χ1n) is 20.5. The van der Waals surface area contributed by atoms with Crippen molar-refractivity contribution in [2.24, 2.45) is 0 Å². The molecular weight excluding hydrogens is 717 g/mol. The topological polar surface area (TPSA) is 26.3 Å². The van der Waals surface area contributed by atoms with Crippen molar-refractivity contribution >= 4 is 76.2 Å². The van der Waals surface area contributed by atoms with Gasteiger partial charge in [0.1, 0.15) is 22.3 Å². The highest BCUT2D eigenvalue weighted by atomic mass is 16.3. The molecule has 13 rings (SSSR count). The van der Waals surface area contributed by atoms with Gasteiger partial charge < -0.3 is 8.83 Å². The van der Waals surface area contributed by atoms with E-state index in [0.29, 0.717) is 0 Å². The summed E-state index contributed by atoms with van der Waals surface area (Å²) >= 11 is 0. The lowest BCUT2D eigenvalue weighted by molar-refractivity contribution is 0.660. The van der Waals surface area contributed by atoms with Gasteiger partial charge in [-0.1, -0.05) is 159 Å². The van der Waals surface area contributed by atoms with Gasteiger partial charge in [0.2, 0.25) is 0 Å². The molecule has 0 atom stereocenters. The number of furan rings is 2. The second kappa shape index (κ2) is 11.8. The zero-order valence-electron chi connectivity index (χ0n) is 32.6. The van der Waals surface area contributed by atoms with Crippen molar-refractivity contribution in [1.82, 2.24) is 0 Å². The van der Waals surface area contributed by atoms with Gasteiger partial charge in [-0.3, -0.25) is 0 Å². The van der Waals surface area contributed by atoms with E-state index < -0.39 is 0 Å². The first-order chi connectivity index (χ1) is 29.0. The molecule has 12 aromatic rings. The van der Waals surface area contributed by atoms with Crippen molar-refractivity contribution in [3.8, 4) is 44.5 Å². The Kier molecular flexibility index (Phi) is 6.54. The van der Waals surface area contributed by atoms with Crippen LogP contribution in [0.15, 0.2) is 191 Å². The van der Waals surface area contributed by atoms with Gasteiger partial charge in [0.05, 0.1) is 0 Å². The van der Waals surface area contributed by atoms with Crippen LogP contribution in [-0.4, -0.2) is 0 Å². The number of benzene rings is 10. The molecule has 2 heterocycles. The van der Waals surface area contributed by atoms with E-state index >= 15 is 0 Å². The molecule has 2 heteroatoms. The molecule has 1 aliphatic rings. The Labute approximate surface area is 340 Å². The van der Waals surface area contributed by atoms with Gasteiger partial charge in [-0.15, -0.1) is 0 Å². The Bertz CT molecular complexity index is 3690. The monoisotopic (exact) mass is 752 g/mol. The zero-order valence-corrected chi connectivity index (χ0v) is 32.6. The quantitative estimate of drug-likeness (QED) is 0.168. The fourth-order valence-electron chi connectivity index (χ4n) is 10.5. The first-order valence-corrected chi connectivity index (χ1v) is 20.5. The third-order valence-corrected chi connectivity index (χ3v) is 13.3. The third kappa shape index (κ3) is 4.46. The molecule has 59 heavy (non-hydrogen) atoms. The molecule has 10 aromatic carbocycles. The fraction of sp³-hybridized carbons (Fsp3) is 0.0526. The lowest BCUT2D eigenvalue weighted by atomic mass is 9.80. The average Bonchev–Trinajstić information content (AvgIpc) is 3.93. The molecule has 0 radical (unpaired) electrons. The summed E-state index contributed by atoms with van der Waals surface area (Å²) in [6, 6.07) is 66.4. The zero-order chi connectivity index (χ0) is 39.0. The van der Waals surface area contributed by atoms with Crippen molar-refractivity contribution in [1.29, 1.82) is 0 Å². The molecule has 0 amide bonds. The van der Waals surface area contributed by atoms with E-state index in [9.17, 15) is 0 Å². The van der Waals surface area contributed by atoms with E-state index in [1.807, 2.05) is 6.07 Å². The second-order valence-corrected chi connectivity index (χ2v) is 16.7. The number of hydrogen-bond acceptors (Lipinski definition) is 2. The summed E-state index contributed by atoms with van der Waals surface area (Å²) in [5, 5.41) is 11.8. The largest absolute Gasteiger partial charge is 0.455 e. The minimum atomic E-state index is -0.248. The molecule has 2 nitrogen and oxygen atoms in total. The third-order valence-electron chi connectivity index (χ3n) is 13.3. The summed E-state index contributed by atoms with van der Waals surface area (Å²) in [6.45, 7) is 4.77. The second-order valence-electron chi connectivity index (χ2n) is 16.7. The Morgan fingerprint density at radius 3 is 1.47 bits per heavy atom. The van der Waals surface area contributed by atoms with Gasteiger partial charge >= 0.3 is 0 Å². The van der Waals surface area contributed by atoms with Crippen molar-refractivity contribution in [2.45, 2.75) is 19.3 Å². The minimum Gasteiger partial charge on any atom is -0.455 e. The van der Waals surface area contributed by atoms with Crippen LogP contribution in [0.1, 0.15) is 25.0 Å². The van der Waals surface area contributed by atoms with Gasteiger partial charge in [-0.05, 0) is 113 Å². The van der Waals surface area contributed by atoms with Crippen LogP contribution in [0.25, 0.3) is 121 Å². The summed E-state index contributed by atoms with van der Waals surface area (Å²) in [5.74, 6) is 0. The van der Waals surface area contributed by atoms with E-state index in [4.69, 9.17) is 8.83 Å². The number of fused-ring (bicyclic) bond motifs is 14.